The van der Waals surface area contributed by atoms with Gasteiger partial charge in [-0.15, -0.1) is 0 Å². The van der Waals surface area contributed by atoms with Gasteiger partial charge in [-0.25, -0.2) is 8.42 Å². The Kier molecular flexibility index (Phi) is 3.23. The molecule has 0 aliphatic carbocycles. The lowest BCUT2D eigenvalue weighted by molar-refractivity contribution is 0.0827. The molecule has 0 bridgehead atoms. The molecule has 0 atom stereocenters. The lowest BCUT2D eigenvalue weighted by Gasteiger charge is -2.11. The van der Waals surface area contributed by atoms with Gasteiger partial charge in [0.05, 0.1) is 10.6 Å². The number of rotatable bonds is 2. The van der Waals surface area contributed by atoms with E-state index in [1.807, 2.05) is 0 Å². The molecule has 0 radical (unpaired) electrons. The van der Waals surface area contributed by atoms with Crippen LogP contribution in [0.1, 0.15) is 10.4 Å². The van der Waals surface area contributed by atoms with Gasteiger partial charge >= 0.3 is 0 Å². The Hall–Kier alpha value is -1.56. The van der Waals surface area contributed by atoms with Crippen molar-refractivity contribution < 1.29 is 13.2 Å². The van der Waals surface area contributed by atoms with Crippen LogP contribution >= 0.6 is 0 Å². The van der Waals surface area contributed by atoms with Crippen LogP contribution in [0.4, 0.5) is 5.69 Å². The van der Waals surface area contributed by atoms with E-state index in [1.54, 1.807) is 14.1 Å². The Morgan fingerprint density at radius 3 is 2.25 bits per heavy atom. The zero-order valence-corrected chi connectivity index (χ0v) is 10.2. The Bertz CT molecular complexity index is 521. The molecule has 0 aliphatic rings. The second-order valence-corrected chi connectivity index (χ2v) is 5.71. The fourth-order valence-corrected chi connectivity index (χ4v) is 2.08. The summed E-state index contributed by atoms with van der Waals surface area (Å²) in [6.45, 7) is 0. The highest BCUT2D eigenvalue weighted by molar-refractivity contribution is 7.90. The second-order valence-electron chi connectivity index (χ2n) is 3.72. The molecule has 0 fully saturated rings. The van der Waals surface area contributed by atoms with Crippen LogP contribution in [-0.2, 0) is 9.84 Å². The molecule has 88 valence electrons. The summed E-state index contributed by atoms with van der Waals surface area (Å²) in [5, 5.41) is 0. The molecule has 5 nitrogen and oxygen atoms in total. The zero-order valence-electron chi connectivity index (χ0n) is 9.39. The summed E-state index contributed by atoms with van der Waals surface area (Å²) in [5.74, 6) is -0.216. The first kappa shape index (κ1) is 12.5. The highest BCUT2D eigenvalue weighted by Gasteiger charge is 2.14. The van der Waals surface area contributed by atoms with Crippen molar-refractivity contribution >= 4 is 21.4 Å². The summed E-state index contributed by atoms with van der Waals surface area (Å²) in [6.07, 6.45) is 1.08. The lowest BCUT2D eigenvalue weighted by atomic mass is 10.2. The number of amides is 1. The van der Waals surface area contributed by atoms with E-state index in [0.717, 1.165) is 6.26 Å². The molecule has 1 amide bonds. The molecule has 0 saturated carbocycles. The van der Waals surface area contributed by atoms with Crippen molar-refractivity contribution in [2.45, 2.75) is 4.90 Å². The van der Waals surface area contributed by atoms with Gasteiger partial charge in [-0.2, -0.15) is 0 Å². The molecule has 0 unspecified atom stereocenters. The van der Waals surface area contributed by atoms with Crippen molar-refractivity contribution in [1.29, 1.82) is 0 Å². The van der Waals surface area contributed by atoms with Crippen molar-refractivity contribution in [1.82, 2.24) is 4.90 Å². The summed E-state index contributed by atoms with van der Waals surface area (Å²) in [6, 6.07) is 4.18. The number of carbonyl (C=O) groups excluding carboxylic acids is 1. The van der Waals surface area contributed by atoms with Gasteiger partial charge in [0.1, 0.15) is 0 Å². The molecule has 6 heteroatoms. The molecule has 16 heavy (non-hydrogen) atoms. The molecule has 1 aromatic carbocycles. The Balaban J connectivity index is 3.25. The van der Waals surface area contributed by atoms with Crippen LogP contribution in [0.15, 0.2) is 23.1 Å². The maximum atomic E-state index is 11.6. The van der Waals surface area contributed by atoms with E-state index in [-0.39, 0.29) is 16.5 Å². The standard InChI is InChI=1S/C10H14N2O3S/c1-12(2)10(13)7-4-5-9(8(11)6-7)16(3,14)15/h4-6H,11H2,1-3H3. The zero-order chi connectivity index (χ0) is 12.5. The van der Waals surface area contributed by atoms with Crippen molar-refractivity contribution in [3.8, 4) is 0 Å². The molecular formula is C10H14N2O3S. The number of nitrogens with two attached hydrogens (primary N) is 1. The normalized spacial score (nSPS) is 11.2. The largest absolute Gasteiger partial charge is 0.398 e. The maximum Gasteiger partial charge on any atom is 0.253 e. The third kappa shape index (κ3) is 2.52. The number of nitrogens with zero attached hydrogens (tertiary/aromatic N) is 1. The van der Waals surface area contributed by atoms with Crippen LogP contribution in [0.25, 0.3) is 0 Å². The van der Waals surface area contributed by atoms with E-state index >= 15 is 0 Å². The minimum Gasteiger partial charge on any atom is -0.398 e. The number of anilines is 1. The molecule has 1 rings (SSSR count). The molecule has 0 spiro atoms. The van der Waals surface area contributed by atoms with E-state index < -0.39 is 9.84 Å². The van der Waals surface area contributed by atoms with Crippen LogP contribution in [0.5, 0.6) is 0 Å². The van der Waals surface area contributed by atoms with E-state index in [2.05, 4.69) is 0 Å². The number of nitrogen functional groups attached to an aromatic ring is 1. The fraction of sp³-hybridized carbons (Fsp3) is 0.300. The number of hydrogen-bond donors (Lipinski definition) is 1. The van der Waals surface area contributed by atoms with Gasteiger partial charge < -0.3 is 10.6 Å². The van der Waals surface area contributed by atoms with Gasteiger partial charge in [0, 0.05) is 25.9 Å². The number of carbonyl (C=O) groups is 1. The van der Waals surface area contributed by atoms with E-state index in [0.29, 0.717) is 5.56 Å². The maximum absolute atomic E-state index is 11.6. The van der Waals surface area contributed by atoms with Crippen molar-refractivity contribution in [3.63, 3.8) is 0 Å². The molecule has 2 N–H and O–H groups in total. The van der Waals surface area contributed by atoms with E-state index in [1.165, 1.54) is 23.1 Å². The van der Waals surface area contributed by atoms with Crippen LogP contribution in [0, 0.1) is 0 Å². The van der Waals surface area contributed by atoms with Crippen LogP contribution < -0.4 is 5.73 Å². The smallest absolute Gasteiger partial charge is 0.253 e. The van der Waals surface area contributed by atoms with Crippen LogP contribution in [0.3, 0.4) is 0 Å². The highest BCUT2D eigenvalue weighted by Crippen LogP contribution is 2.20. The molecule has 0 aromatic heterocycles. The van der Waals surface area contributed by atoms with Crippen LogP contribution in [0.2, 0.25) is 0 Å². The number of benzene rings is 1. The Morgan fingerprint density at radius 2 is 1.88 bits per heavy atom. The van der Waals surface area contributed by atoms with Gasteiger partial charge in [-0.1, -0.05) is 0 Å². The first-order chi connectivity index (χ1) is 7.23. The summed E-state index contributed by atoms with van der Waals surface area (Å²) < 4.78 is 22.6. The summed E-state index contributed by atoms with van der Waals surface area (Å²) >= 11 is 0. The summed E-state index contributed by atoms with van der Waals surface area (Å²) in [7, 11) is -0.118. The van der Waals surface area contributed by atoms with E-state index in [9.17, 15) is 13.2 Å². The van der Waals surface area contributed by atoms with Gasteiger partial charge in [0.15, 0.2) is 9.84 Å². The summed E-state index contributed by atoms with van der Waals surface area (Å²) in [5.41, 5.74) is 6.06. The predicted octanol–water partition coefficient (Wildman–Crippen LogP) is 0.374. The Morgan fingerprint density at radius 1 is 1.31 bits per heavy atom. The minimum absolute atomic E-state index is 0.0443. The van der Waals surface area contributed by atoms with Crippen molar-refractivity contribution in [3.05, 3.63) is 23.8 Å². The minimum atomic E-state index is -3.35. The molecule has 0 aliphatic heterocycles. The SMILES string of the molecule is CN(C)C(=O)c1ccc(S(C)(=O)=O)c(N)c1. The van der Waals surface area contributed by atoms with Gasteiger partial charge in [0.25, 0.3) is 5.91 Å². The molecule has 1 aromatic rings. The lowest BCUT2D eigenvalue weighted by Crippen LogP contribution is -2.21. The topological polar surface area (TPSA) is 80.5 Å². The molecular weight excluding hydrogens is 228 g/mol. The van der Waals surface area contributed by atoms with E-state index in [4.69, 9.17) is 5.73 Å². The van der Waals surface area contributed by atoms with Gasteiger partial charge in [0.2, 0.25) is 0 Å². The van der Waals surface area contributed by atoms with Gasteiger partial charge in [-0.3, -0.25) is 4.79 Å². The number of hydrogen-bond acceptors (Lipinski definition) is 4. The second kappa shape index (κ2) is 4.13. The first-order valence-corrected chi connectivity index (χ1v) is 6.44. The average Bonchev–Trinajstić information content (AvgIpc) is 2.14. The average molecular weight is 242 g/mol. The quantitative estimate of drug-likeness (QED) is 0.760. The molecule has 0 saturated heterocycles. The first-order valence-electron chi connectivity index (χ1n) is 4.54. The fourth-order valence-electron chi connectivity index (χ4n) is 1.28. The third-order valence-electron chi connectivity index (χ3n) is 2.06. The predicted molar refractivity (Wildman–Crippen MR) is 62.0 cm³/mol. The third-order valence-corrected chi connectivity index (χ3v) is 3.23. The van der Waals surface area contributed by atoms with Gasteiger partial charge in [-0.05, 0) is 18.2 Å². The number of sulfone groups is 1. The van der Waals surface area contributed by atoms with Crippen LogP contribution in [-0.4, -0.2) is 39.6 Å². The molecule has 0 heterocycles. The van der Waals surface area contributed by atoms with Crippen molar-refractivity contribution in [2.75, 3.05) is 26.1 Å². The monoisotopic (exact) mass is 242 g/mol. The Labute approximate surface area is 94.8 Å². The highest BCUT2D eigenvalue weighted by atomic mass is 32.2. The van der Waals surface area contributed by atoms with Crippen molar-refractivity contribution in [2.24, 2.45) is 0 Å². The summed E-state index contributed by atoms with van der Waals surface area (Å²) in [4.78, 5) is 13.0.